The van der Waals surface area contributed by atoms with E-state index in [1.54, 1.807) is 32.9 Å². The van der Waals surface area contributed by atoms with Crippen LogP contribution in [0, 0.1) is 16.7 Å². The van der Waals surface area contributed by atoms with Crippen LogP contribution in [0.2, 0.25) is 0 Å². The lowest BCUT2D eigenvalue weighted by Crippen LogP contribution is -2.69. The predicted molar refractivity (Wildman–Crippen MR) is 111 cm³/mol. The average molecular weight is 426 g/mol. The van der Waals surface area contributed by atoms with Gasteiger partial charge in [-0.15, -0.1) is 0 Å². The molecule has 0 aromatic heterocycles. The van der Waals surface area contributed by atoms with E-state index in [9.17, 15) is 34.8 Å². The van der Waals surface area contributed by atoms with Gasteiger partial charge in [-0.1, -0.05) is 39.8 Å². The standard InChI is InChI=1S/C24H26O7/c1-10-13-7-6-8-14(26)17(13)19(28)18-21(30)24(31)20(29)16(11(2)25)15(27)9-22(24,4)12(3)23(10,18)5/h6-8,10,12,26,28-29,31H,9H2,1-5H3/t10-,12+,22+,23-,24+/m1/s1. The highest BCUT2D eigenvalue weighted by molar-refractivity contribution is 6.23. The van der Waals surface area contributed by atoms with Crippen molar-refractivity contribution < 1.29 is 34.8 Å². The molecule has 1 aromatic carbocycles. The van der Waals surface area contributed by atoms with Crippen LogP contribution < -0.4 is 0 Å². The molecular formula is C24H26O7. The van der Waals surface area contributed by atoms with Crippen molar-refractivity contribution in [3.8, 4) is 5.75 Å². The summed E-state index contributed by atoms with van der Waals surface area (Å²) in [5, 5.41) is 44.2. The van der Waals surface area contributed by atoms with Gasteiger partial charge in [0.05, 0.1) is 5.56 Å². The van der Waals surface area contributed by atoms with Crippen molar-refractivity contribution in [1.82, 2.24) is 0 Å². The Morgan fingerprint density at radius 1 is 1.10 bits per heavy atom. The first-order valence-electron chi connectivity index (χ1n) is 10.3. The summed E-state index contributed by atoms with van der Waals surface area (Å²) in [6, 6.07) is 4.80. The number of aliphatic hydroxyl groups is 3. The minimum atomic E-state index is -2.56. The molecule has 7 nitrogen and oxygen atoms in total. The fourth-order valence-electron chi connectivity index (χ4n) is 6.21. The Labute approximate surface area is 179 Å². The maximum absolute atomic E-state index is 13.9. The van der Waals surface area contributed by atoms with E-state index >= 15 is 0 Å². The second-order valence-electron chi connectivity index (χ2n) is 9.53. The van der Waals surface area contributed by atoms with Crippen LogP contribution in [0.4, 0.5) is 0 Å². The third-order valence-electron chi connectivity index (χ3n) is 8.43. The minimum absolute atomic E-state index is 0.109. The van der Waals surface area contributed by atoms with Crippen LogP contribution in [0.5, 0.6) is 5.75 Å². The molecule has 7 heteroatoms. The second kappa shape index (κ2) is 6.07. The van der Waals surface area contributed by atoms with Gasteiger partial charge in [0.15, 0.2) is 17.2 Å². The lowest BCUT2D eigenvalue weighted by atomic mass is 9.41. The zero-order chi connectivity index (χ0) is 23.3. The number of carbonyl (C=O) groups is 3. The zero-order valence-electron chi connectivity index (χ0n) is 18.1. The third-order valence-corrected chi connectivity index (χ3v) is 8.43. The molecule has 31 heavy (non-hydrogen) atoms. The van der Waals surface area contributed by atoms with Crippen LogP contribution in [0.1, 0.15) is 58.1 Å². The smallest absolute Gasteiger partial charge is 0.203 e. The van der Waals surface area contributed by atoms with E-state index in [0.29, 0.717) is 5.56 Å². The Kier molecular flexibility index (Phi) is 4.17. The van der Waals surface area contributed by atoms with Gasteiger partial charge in [-0.25, -0.2) is 0 Å². The summed E-state index contributed by atoms with van der Waals surface area (Å²) in [7, 11) is 0. The Bertz CT molecular complexity index is 1140. The van der Waals surface area contributed by atoms with Crippen molar-refractivity contribution in [1.29, 1.82) is 0 Å². The van der Waals surface area contributed by atoms with Gasteiger partial charge in [0.2, 0.25) is 5.78 Å². The lowest BCUT2D eigenvalue weighted by molar-refractivity contribution is -0.178. The van der Waals surface area contributed by atoms with Gasteiger partial charge in [-0.3, -0.25) is 14.4 Å². The monoisotopic (exact) mass is 426 g/mol. The van der Waals surface area contributed by atoms with Gasteiger partial charge >= 0.3 is 0 Å². The molecule has 0 heterocycles. The number of phenols is 1. The molecule has 1 saturated carbocycles. The number of carbonyl (C=O) groups excluding carboxylic acids is 3. The molecule has 0 amide bonds. The number of ketones is 3. The number of hydrogen-bond acceptors (Lipinski definition) is 7. The topological polar surface area (TPSA) is 132 Å². The number of hydrogen-bond donors (Lipinski definition) is 4. The molecule has 0 spiro atoms. The van der Waals surface area contributed by atoms with E-state index < -0.39 is 56.8 Å². The largest absolute Gasteiger partial charge is 0.508 e. The molecule has 0 radical (unpaired) electrons. The van der Waals surface area contributed by atoms with Gasteiger partial charge in [0, 0.05) is 22.8 Å². The Balaban J connectivity index is 2.13. The molecule has 164 valence electrons. The number of rotatable bonds is 1. The summed E-state index contributed by atoms with van der Waals surface area (Å²) >= 11 is 0. The van der Waals surface area contributed by atoms with E-state index in [0.717, 1.165) is 6.92 Å². The molecule has 0 aliphatic heterocycles. The number of allylic oxidation sites excluding steroid dienone is 1. The van der Waals surface area contributed by atoms with E-state index in [1.807, 2.05) is 6.92 Å². The molecule has 4 N–H and O–H groups in total. The predicted octanol–water partition coefficient (Wildman–Crippen LogP) is 3.11. The van der Waals surface area contributed by atoms with Crippen molar-refractivity contribution >= 4 is 23.1 Å². The van der Waals surface area contributed by atoms with Gasteiger partial charge < -0.3 is 20.4 Å². The average Bonchev–Trinajstić information content (AvgIpc) is 2.68. The Morgan fingerprint density at radius 2 is 1.71 bits per heavy atom. The van der Waals surface area contributed by atoms with Crippen molar-refractivity contribution in [3.63, 3.8) is 0 Å². The Morgan fingerprint density at radius 3 is 2.29 bits per heavy atom. The van der Waals surface area contributed by atoms with Gasteiger partial charge in [-0.05, 0) is 30.4 Å². The molecule has 1 fully saturated rings. The molecule has 3 aliphatic carbocycles. The van der Waals surface area contributed by atoms with Gasteiger partial charge in [0.1, 0.15) is 22.8 Å². The highest BCUT2D eigenvalue weighted by Crippen LogP contribution is 2.68. The normalized spacial score (nSPS) is 37.4. The summed E-state index contributed by atoms with van der Waals surface area (Å²) < 4.78 is 0. The summed E-state index contributed by atoms with van der Waals surface area (Å²) in [6.07, 6.45) is -0.307. The molecule has 3 aliphatic rings. The molecule has 0 bridgehead atoms. The first-order valence-corrected chi connectivity index (χ1v) is 10.3. The summed E-state index contributed by atoms with van der Waals surface area (Å²) in [5.74, 6) is -4.91. The van der Waals surface area contributed by atoms with Crippen molar-refractivity contribution in [2.24, 2.45) is 16.7 Å². The fourth-order valence-corrected chi connectivity index (χ4v) is 6.21. The number of aliphatic hydroxyl groups excluding tert-OH is 2. The minimum Gasteiger partial charge on any atom is -0.508 e. The van der Waals surface area contributed by atoms with Crippen molar-refractivity contribution in [2.45, 2.75) is 52.6 Å². The molecular weight excluding hydrogens is 400 g/mol. The molecule has 0 unspecified atom stereocenters. The van der Waals surface area contributed by atoms with E-state index in [-0.39, 0.29) is 29.2 Å². The Hall–Kier alpha value is -2.93. The third kappa shape index (κ3) is 2.14. The van der Waals surface area contributed by atoms with Crippen LogP contribution in [-0.2, 0) is 14.4 Å². The van der Waals surface area contributed by atoms with Crippen LogP contribution >= 0.6 is 0 Å². The quantitative estimate of drug-likeness (QED) is 0.507. The zero-order valence-corrected chi connectivity index (χ0v) is 18.1. The van der Waals surface area contributed by atoms with Crippen LogP contribution in [0.15, 0.2) is 35.1 Å². The summed E-state index contributed by atoms with van der Waals surface area (Å²) in [4.78, 5) is 38.7. The van der Waals surface area contributed by atoms with E-state index in [1.165, 1.54) is 6.07 Å². The number of Topliss-reactive ketones (excluding diaryl/α,β-unsaturated/α-hetero) is 3. The molecule has 0 saturated heterocycles. The van der Waals surface area contributed by atoms with Crippen LogP contribution in [-0.4, -0.2) is 43.4 Å². The van der Waals surface area contributed by atoms with Crippen molar-refractivity contribution in [3.05, 3.63) is 46.2 Å². The molecule has 1 aromatic rings. The first kappa shape index (κ1) is 21.3. The van der Waals surface area contributed by atoms with E-state index in [4.69, 9.17) is 0 Å². The fraction of sp³-hybridized carbons (Fsp3) is 0.458. The highest BCUT2D eigenvalue weighted by atomic mass is 16.3. The van der Waals surface area contributed by atoms with Crippen LogP contribution in [0.3, 0.4) is 0 Å². The highest BCUT2D eigenvalue weighted by Gasteiger charge is 2.72. The first-order chi connectivity index (χ1) is 14.3. The van der Waals surface area contributed by atoms with Crippen molar-refractivity contribution in [2.75, 3.05) is 0 Å². The maximum atomic E-state index is 13.9. The SMILES string of the molecule is CC(=O)C1=C(O)[C@]2(O)C(=O)C3=C(O)c4c(O)cccc4[C@@H](C)[C@]3(C)[C@@H](C)[C@]2(C)CC1=O. The maximum Gasteiger partial charge on any atom is 0.203 e. The number of benzene rings is 1. The molecule has 4 rings (SSSR count). The summed E-state index contributed by atoms with van der Waals surface area (Å²) in [5.41, 5.74) is -4.96. The number of fused-ring (bicyclic) bond motifs is 3. The molecule has 5 atom stereocenters. The van der Waals surface area contributed by atoms with E-state index in [2.05, 4.69) is 0 Å². The van der Waals surface area contributed by atoms with Gasteiger partial charge in [-0.2, -0.15) is 0 Å². The second-order valence-corrected chi connectivity index (χ2v) is 9.53. The lowest BCUT2D eigenvalue weighted by Gasteiger charge is -2.62. The van der Waals surface area contributed by atoms with Crippen LogP contribution in [0.25, 0.3) is 5.76 Å². The summed E-state index contributed by atoms with van der Waals surface area (Å²) in [6.45, 7) is 8.07. The van der Waals surface area contributed by atoms with Gasteiger partial charge in [0.25, 0.3) is 0 Å². The number of aromatic hydroxyl groups is 1. The number of phenolic OH excluding ortho intramolecular Hbond substituents is 1.